The Kier molecular flexibility index (Phi) is 4.64. The van der Waals surface area contributed by atoms with Crippen LogP contribution >= 0.6 is 11.3 Å². The average Bonchev–Trinajstić information content (AvgIpc) is 3.22. The van der Waals surface area contributed by atoms with Crippen molar-refractivity contribution in [3.63, 3.8) is 0 Å². The first-order valence-corrected chi connectivity index (χ1v) is 12.4. The monoisotopic (exact) mass is 450 g/mol. The highest BCUT2D eigenvalue weighted by molar-refractivity contribution is 7.14. The summed E-state index contributed by atoms with van der Waals surface area (Å²) in [4.78, 5) is 30.3. The summed E-state index contributed by atoms with van der Waals surface area (Å²) in [5.41, 5.74) is 0.960. The molecule has 0 aliphatic heterocycles. The minimum Gasteiger partial charge on any atom is -0.490 e. The van der Waals surface area contributed by atoms with Crippen molar-refractivity contribution in [2.75, 3.05) is 11.9 Å². The van der Waals surface area contributed by atoms with Gasteiger partial charge in [0.25, 0.3) is 5.91 Å². The highest BCUT2D eigenvalue weighted by Gasteiger charge is 2.52. The number of aromatic nitrogens is 1. The van der Waals surface area contributed by atoms with E-state index in [-0.39, 0.29) is 11.0 Å². The second kappa shape index (κ2) is 7.44. The predicted molar refractivity (Wildman–Crippen MR) is 124 cm³/mol. The molecule has 1 amide bonds. The van der Waals surface area contributed by atoms with Gasteiger partial charge in [-0.1, -0.05) is 12.1 Å². The minimum absolute atomic E-state index is 0.0299. The molecule has 6 nitrogen and oxygen atoms in total. The lowest BCUT2D eigenvalue weighted by atomic mass is 9.49. The zero-order chi connectivity index (χ0) is 21.9. The first-order chi connectivity index (χ1) is 15.5. The van der Waals surface area contributed by atoms with Gasteiger partial charge in [-0.25, -0.2) is 9.78 Å². The van der Waals surface area contributed by atoms with Gasteiger partial charge in [-0.2, -0.15) is 0 Å². The molecule has 4 aliphatic rings. The molecular formula is C25H26N2O4S. The van der Waals surface area contributed by atoms with Crippen LogP contribution in [0.25, 0.3) is 11.0 Å². The van der Waals surface area contributed by atoms with Crippen LogP contribution in [0.5, 0.6) is 5.75 Å². The lowest BCUT2D eigenvalue weighted by molar-refractivity contribution is -0.00688. The van der Waals surface area contributed by atoms with E-state index in [1.807, 2.05) is 13.0 Å². The van der Waals surface area contributed by atoms with Crippen LogP contribution in [-0.4, -0.2) is 17.5 Å². The standard InChI is InChI=1S/C25H26N2O4S/c1-2-30-19-5-3-4-17-9-18(23(29)31-21(17)19)22(28)27-24-26-20(13-32-24)25-10-14-6-15(11-25)8-16(7-14)12-25/h3-5,9,13-16H,2,6-8,10-12H2,1H3,(H,26,27,28). The number of hydrogen-bond acceptors (Lipinski definition) is 6. The van der Waals surface area contributed by atoms with Crippen molar-refractivity contribution in [3.05, 3.63) is 51.3 Å². The molecule has 1 aromatic carbocycles. The lowest BCUT2D eigenvalue weighted by Crippen LogP contribution is -2.48. The first kappa shape index (κ1) is 20.0. The number of amides is 1. The second-order valence-electron chi connectivity index (χ2n) is 9.74. The molecule has 2 heterocycles. The molecule has 0 radical (unpaired) electrons. The smallest absolute Gasteiger partial charge is 0.349 e. The summed E-state index contributed by atoms with van der Waals surface area (Å²) in [5, 5.41) is 6.14. The summed E-state index contributed by atoms with van der Waals surface area (Å²) in [7, 11) is 0. The van der Waals surface area contributed by atoms with Crippen LogP contribution < -0.4 is 15.7 Å². The zero-order valence-electron chi connectivity index (χ0n) is 18.1. The third kappa shape index (κ3) is 3.25. The van der Waals surface area contributed by atoms with Crippen molar-refractivity contribution < 1.29 is 13.9 Å². The molecule has 0 atom stereocenters. The fourth-order valence-electron chi connectivity index (χ4n) is 6.71. The summed E-state index contributed by atoms with van der Waals surface area (Å²) in [5.74, 6) is 2.52. The summed E-state index contributed by atoms with van der Waals surface area (Å²) in [6.07, 6.45) is 7.84. The molecule has 2 aromatic heterocycles. The number of ether oxygens (including phenoxy) is 1. The number of carbonyl (C=O) groups excluding carboxylic acids is 1. The fraction of sp³-hybridized carbons (Fsp3) is 0.480. The Morgan fingerprint density at radius 1 is 1.22 bits per heavy atom. The molecule has 166 valence electrons. The van der Waals surface area contributed by atoms with Gasteiger partial charge >= 0.3 is 5.63 Å². The molecule has 3 aromatic rings. The highest BCUT2D eigenvalue weighted by atomic mass is 32.1. The van der Waals surface area contributed by atoms with Gasteiger partial charge in [-0.15, -0.1) is 11.3 Å². The van der Waals surface area contributed by atoms with Crippen LogP contribution in [0.2, 0.25) is 0 Å². The van der Waals surface area contributed by atoms with Crippen LogP contribution in [-0.2, 0) is 5.41 Å². The minimum atomic E-state index is -0.681. The molecule has 0 saturated heterocycles. The lowest BCUT2D eigenvalue weighted by Gasteiger charge is -2.56. The van der Waals surface area contributed by atoms with Crippen LogP contribution in [0.3, 0.4) is 0 Å². The maximum absolute atomic E-state index is 12.9. The summed E-state index contributed by atoms with van der Waals surface area (Å²) in [6, 6.07) is 6.92. The van der Waals surface area contributed by atoms with Crippen molar-refractivity contribution in [1.82, 2.24) is 4.98 Å². The molecule has 7 rings (SSSR count). The highest BCUT2D eigenvalue weighted by Crippen LogP contribution is 2.60. The number of anilines is 1. The molecular weight excluding hydrogens is 424 g/mol. The maximum atomic E-state index is 12.9. The molecule has 4 aliphatic carbocycles. The summed E-state index contributed by atoms with van der Waals surface area (Å²) >= 11 is 1.44. The van der Waals surface area contributed by atoms with E-state index in [0.717, 1.165) is 23.4 Å². The quantitative estimate of drug-likeness (QED) is 0.529. The van der Waals surface area contributed by atoms with Crippen LogP contribution in [0.15, 0.2) is 38.9 Å². The topological polar surface area (TPSA) is 81.4 Å². The number of rotatable bonds is 5. The van der Waals surface area contributed by atoms with Crippen LogP contribution in [0.4, 0.5) is 5.13 Å². The number of fused-ring (bicyclic) bond motifs is 1. The van der Waals surface area contributed by atoms with Gasteiger partial charge in [0.1, 0.15) is 5.56 Å². The van der Waals surface area contributed by atoms with Gasteiger partial charge in [0.05, 0.1) is 12.3 Å². The Hall–Kier alpha value is -2.67. The van der Waals surface area contributed by atoms with E-state index in [9.17, 15) is 9.59 Å². The largest absolute Gasteiger partial charge is 0.490 e. The Morgan fingerprint density at radius 2 is 1.94 bits per heavy atom. The molecule has 7 heteroatoms. The van der Waals surface area contributed by atoms with E-state index >= 15 is 0 Å². The number of hydrogen-bond donors (Lipinski definition) is 1. The third-order valence-corrected chi connectivity index (χ3v) is 8.33. The Bertz CT molecular complexity index is 1230. The average molecular weight is 451 g/mol. The Balaban J connectivity index is 1.26. The van der Waals surface area contributed by atoms with Gasteiger partial charge in [0.15, 0.2) is 16.5 Å². The molecule has 0 unspecified atom stereocenters. The molecule has 4 fully saturated rings. The van der Waals surface area contributed by atoms with Crippen molar-refractivity contribution in [2.45, 2.75) is 50.9 Å². The number of carbonyl (C=O) groups is 1. The molecule has 4 bridgehead atoms. The zero-order valence-corrected chi connectivity index (χ0v) is 18.9. The predicted octanol–water partition coefficient (Wildman–Crippen LogP) is 5.37. The van der Waals surface area contributed by atoms with Gasteiger partial charge < -0.3 is 9.15 Å². The van der Waals surface area contributed by atoms with Crippen molar-refractivity contribution in [1.29, 1.82) is 0 Å². The molecule has 4 saturated carbocycles. The van der Waals surface area contributed by atoms with Crippen LogP contribution in [0.1, 0.15) is 61.5 Å². The molecule has 1 N–H and O–H groups in total. The van der Waals surface area contributed by atoms with E-state index in [1.165, 1.54) is 49.9 Å². The Morgan fingerprint density at radius 3 is 2.62 bits per heavy atom. The second-order valence-corrected chi connectivity index (χ2v) is 10.6. The number of nitrogens with zero attached hydrogens (tertiary/aromatic N) is 1. The van der Waals surface area contributed by atoms with Crippen molar-refractivity contribution in [3.8, 4) is 5.75 Å². The number of benzene rings is 1. The molecule has 0 spiro atoms. The Labute approximate surface area is 190 Å². The van der Waals surface area contributed by atoms with Crippen molar-refractivity contribution >= 4 is 33.3 Å². The summed E-state index contributed by atoms with van der Waals surface area (Å²) < 4.78 is 11.0. The van der Waals surface area contributed by atoms with Gasteiger partial charge in [0.2, 0.25) is 0 Å². The first-order valence-electron chi connectivity index (χ1n) is 11.5. The van der Waals surface area contributed by atoms with Crippen molar-refractivity contribution in [2.24, 2.45) is 17.8 Å². The third-order valence-electron chi connectivity index (χ3n) is 7.57. The number of nitrogens with one attached hydrogen (secondary N) is 1. The van der Waals surface area contributed by atoms with E-state index in [2.05, 4.69) is 10.7 Å². The van der Waals surface area contributed by atoms with Gasteiger partial charge in [-0.3, -0.25) is 10.1 Å². The van der Waals surface area contributed by atoms with E-state index in [4.69, 9.17) is 14.1 Å². The SMILES string of the molecule is CCOc1cccc2cc(C(=O)Nc3nc(C45CC6CC(CC(C6)C4)C5)cs3)c(=O)oc12. The fourth-order valence-corrected chi connectivity index (χ4v) is 7.54. The summed E-state index contributed by atoms with van der Waals surface area (Å²) in [6.45, 7) is 2.33. The van der Waals surface area contributed by atoms with Crippen LogP contribution in [0, 0.1) is 17.8 Å². The normalized spacial score (nSPS) is 28.2. The number of para-hydroxylation sites is 1. The number of thiazole rings is 1. The molecule has 32 heavy (non-hydrogen) atoms. The van der Waals surface area contributed by atoms with E-state index < -0.39 is 11.5 Å². The maximum Gasteiger partial charge on any atom is 0.349 e. The van der Waals surface area contributed by atoms with Gasteiger partial charge in [0, 0.05) is 16.2 Å². The van der Waals surface area contributed by atoms with Gasteiger partial charge in [-0.05, 0) is 75.3 Å². The van der Waals surface area contributed by atoms with E-state index in [0.29, 0.717) is 28.5 Å². The van der Waals surface area contributed by atoms with E-state index in [1.54, 1.807) is 18.2 Å².